The largest absolute Gasteiger partial charge is 0.381 e. The maximum atomic E-state index is 14.0. The summed E-state index contributed by atoms with van der Waals surface area (Å²) in [6.45, 7) is 3.50. The predicted molar refractivity (Wildman–Crippen MR) is 98.7 cm³/mol. The predicted octanol–water partition coefficient (Wildman–Crippen LogP) is 4.62. The lowest BCUT2D eigenvalue weighted by molar-refractivity contribution is 0.0824. The van der Waals surface area contributed by atoms with E-state index < -0.39 is 5.82 Å². The molecule has 0 spiro atoms. The second-order valence-corrected chi connectivity index (χ2v) is 6.64. The fraction of sp³-hybridized carbons (Fsp3) is 0.368. The van der Waals surface area contributed by atoms with Gasteiger partial charge in [-0.3, -0.25) is 10.4 Å². The van der Waals surface area contributed by atoms with Gasteiger partial charge in [0.25, 0.3) is 0 Å². The Hall–Kier alpha value is -1.98. The Morgan fingerprint density at radius 2 is 2.16 bits per heavy atom. The number of hydrogen-bond acceptors (Lipinski definition) is 4. The average Bonchev–Trinajstić information content (AvgIpc) is 2.62. The van der Waals surface area contributed by atoms with Crippen LogP contribution in [0.25, 0.3) is 0 Å². The number of ether oxygens (including phenoxy) is 1. The third-order valence-corrected chi connectivity index (χ3v) is 4.69. The van der Waals surface area contributed by atoms with Crippen LogP contribution in [-0.4, -0.2) is 23.9 Å². The molecule has 2 heterocycles. The lowest BCUT2D eigenvalue weighted by atomic mass is 9.90. The normalized spacial score (nSPS) is 16.0. The highest BCUT2D eigenvalue weighted by atomic mass is 35.5. The zero-order valence-corrected chi connectivity index (χ0v) is 14.9. The van der Waals surface area contributed by atoms with Gasteiger partial charge in [0.1, 0.15) is 5.82 Å². The van der Waals surface area contributed by atoms with E-state index in [0.29, 0.717) is 23.0 Å². The van der Waals surface area contributed by atoms with Gasteiger partial charge in [0, 0.05) is 48.7 Å². The van der Waals surface area contributed by atoms with Gasteiger partial charge in [-0.25, -0.2) is 4.39 Å². The minimum absolute atomic E-state index is 0.320. The van der Waals surface area contributed by atoms with E-state index >= 15 is 0 Å². The van der Waals surface area contributed by atoms with E-state index in [0.717, 1.165) is 37.3 Å². The first-order chi connectivity index (χ1) is 12.1. The summed E-state index contributed by atoms with van der Waals surface area (Å²) in [5, 5.41) is 4.92. The number of nitrogens with one attached hydrogen (secondary N) is 1. The van der Waals surface area contributed by atoms with Crippen molar-refractivity contribution < 1.29 is 9.13 Å². The van der Waals surface area contributed by atoms with Gasteiger partial charge < -0.3 is 4.74 Å². The highest BCUT2D eigenvalue weighted by molar-refractivity contribution is 6.30. The summed E-state index contributed by atoms with van der Waals surface area (Å²) in [6, 6.07) is 6.53. The van der Waals surface area contributed by atoms with Crippen molar-refractivity contribution in [3.63, 3.8) is 0 Å². The molecule has 1 aliphatic rings. The van der Waals surface area contributed by atoms with E-state index in [1.807, 2.05) is 19.2 Å². The molecule has 1 aliphatic heterocycles. The number of halogens is 2. The van der Waals surface area contributed by atoms with E-state index in [1.54, 1.807) is 18.3 Å². The van der Waals surface area contributed by atoms with Gasteiger partial charge in [-0.15, -0.1) is 0 Å². The second kappa shape index (κ2) is 8.41. The van der Waals surface area contributed by atoms with Crippen molar-refractivity contribution in [1.29, 1.82) is 0 Å². The van der Waals surface area contributed by atoms with Crippen molar-refractivity contribution in [2.75, 3.05) is 18.6 Å². The molecule has 0 bridgehead atoms. The molecule has 1 aromatic heterocycles. The van der Waals surface area contributed by atoms with Crippen molar-refractivity contribution in [2.24, 2.45) is 11.0 Å². The summed E-state index contributed by atoms with van der Waals surface area (Å²) in [6.07, 6.45) is 6.20. The third-order valence-electron chi connectivity index (χ3n) is 4.45. The molecule has 0 saturated carbocycles. The number of hydrogen-bond donors (Lipinski definition) is 1. The number of pyridine rings is 1. The first-order valence-corrected chi connectivity index (χ1v) is 8.76. The molecule has 0 radical (unpaired) electrons. The highest BCUT2D eigenvalue weighted by Gasteiger charge is 2.21. The molecule has 132 valence electrons. The number of benzene rings is 1. The van der Waals surface area contributed by atoms with Gasteiger partial charge >= 0.3 is 0 Å². The molecule has 0 unspecified atom stereocenters. The lowest BCUT2D eigenvalue weighted by Crippen LogP contribution is -2.26. The van der Waals surface area contributed by atoms with Crippen molar-refractivity contribution in [3.8, 4) is 0 Å². The molecule has 4 nitrogen and oxygen atoms in total. The van der Waals surface area contributed by atoms with Crippen LogP contribution >= 0.6 is 11.6 Å². The smallest absolute Gasteiger partial charge is 0.149 e. The Morgan fingerprint density at radius 1 is 1.36 bits per heavy atom. The molecule has 1 fully saturated rings. The van der Waals surface area contributed by atoms with Crippen LogP contribution in [0.15, 0.2) is 41.8 Å². The van der Waals surface area contributed by atoms with Crippen molar-refractivity contribution in [1.82, 2.24) is 4.98 Å². The Balaban J connectivity index is 1.83. The van der Waals surface area contributed by atoms with Gasteiger partial charge in [0.2, 0.25) is 0 Å². The maximum Gasteiger partial charge on any atom is 0.149 e. The minimum Gasteiger partial charge on any atom is -0.381 e. The zero-order valence-electron chi connectivity index (χ0n) is 14.1. The number of hydrazone groups is 1. The molecule has 0 amide bonds. The number of anilines is 1. The van der Waals surface area contributed by atoms with Gasteiger partial charge in [0.05, 0.1) is 5.69 Å². The molecule has 25 heavy (non-hydrogen) atoms. The third kappa shape index (κ3) is 4.77. The van der Waals surface area contributed by atoms with E-state index in [1.165, 1.54) is 11.6 Å². The van der Waals surface area contributed by atoms with Crippen LogP contribution in [-0.2, 0) is 11.2 Å². The summed E-state index contributed by atoms with van der Waals surface area (Å²) < 4.78 is 19.4. The van der Waals surface area contributed by atoms with Crippen LogP contribution in [0, 0.1) is 18.7 Å². The minimum atomic E-state index is -0.414. The van der Waals surface area contributed by atoms with Gasteiger partial charge in [0.15, 0.2) is 0 Å². The Labute approximate surface area is 152 Å². The number of nitrogens with zero attached hydrogens (tertiary/aromatic N) is 2. The first-order valence-electron chi connectivity index (χ1n) is 8.38. The number of aromatic nitrogens is 1. The molecule has 3 rings (SSSR count). The van der Waals surface area contributed by atoms with Crippen molar-refractivity contribution in [3.05, 3.63) is 58.6 Å². The molecule has 2 aromatic rings. The maximum absolute atomic E-state index is 14.0. The van der Waals surface area contributed by atoms with E-state index in [2.05, 4.69) is 15.5 Å². The molecule has 1 saturated heterocycles. The monoisotopic (exact) mass is 361 g/mol. The Kier molecular flexibility index (Phi) is 6.00. The molecule has 0 aliphatic carbocycles. The summed E-state index contributed by atoms with van der Waals surface area (Å²) in [5.41, 5.74) is 6.51. The van der Waals surface area contributed by atoms with E-state index in [-0.39, 0.29) is 0 Å². The van der Waals surface area contributed by atoms with E-state index in [9.17, 15) is 4.39 Å². The van der Waals surface area contributed by atoms with Crippen LogP contribution in [0.3, 0.4) is 0 Å². The number of rotatable bonds is 5. The molecular formula is C19H21ClFN3O. The van der Waals surface area contributed by atoms with E-state index in [4.69, 9.17) is 16.3 Å². The molecule has 6 heteroatoms. The topological polar surface area (TPSA) is 46.5 Å². The summed E-state index contributed by atoms with van der Waals surface area (Å²) in [5.74, 6) is -0.0909. The van der Waals surface area contributed by atoms with Crippen LogP contribution in [0.4, 0.5) is 10.1 Å². The Bertz CT molecular complexity index is 760. The molecule has 1 N–H and O–H groups in total. The SMILES string of the molecule is Cc1cnccc1C/C(=N\Nc1ccc(Cl)cc1F)C1CCOCC1. The van der Waals surface area contributed by atoms with Gasteiger partial charge in [-0.1, -0.05) is 11.6 Å². The molecular weight excluding hydrogens is 341 g/mol. The quantitative estimate of drug-likeness (QED) is 0.624. The van der Waals surface area contributed by atoms with Crippen LogP contribution in [0.2, 0.25) is 5.02 Å². The summed E-state index contributed by atoms with van der Waals surface area (Å²) in [7, 11) is 0. The van der Waals surface area contributed by atoms with Gasteiger partial charge in [-0.2, -0.15) is 5.10 Å². The van der Waals surface area contributed by atoms with Gasteiger partial charge in [-0.05, 0) is 55.2 Å². The fourth-order valence-electron chi connectivity index (χ4n) is 2.91. The summed E-state index contributed by atoms with van der Waals surface area (Å²) >= 11 is 5.80. The zero-order chi connectivity index (χ0) is 17.6. The number of aryl methyl sites for hydroxylation is 1. The fourth-order valence-corrected chi connectivity index (χ4v) is 3.07. The summed E-state index contributed by atoms with van der Waals surface area (Å²) in [4.78, 5) is 4.14. The van der Waals surface area contributed by atoms with Crippen molar-refractivity contribution in [2.45, 2.75) is 26.2 Å². The lowest BCUT2D eigenvalue weighted by Gasteiger charge is -2.24. The first kappa shape index (κ1) is 17.8. The van der Waals surface area contributed by atoms with Crippen LogP contribution < -0.4 is 5.43 Å². The average molecular weight is 362 g/mol. The molecule has 0 atom stereocenters. The Morgan fingerprint density at radius 3 is 2.88 bits per heavy atom. The van der Waals surface area contributed by atoms with Crippen LogP contribution in [0.5, 0.6) is 0 Å². The second-order valence-electron chi connectivity index (χ2n) is 6.20. The highest BCUT2D eigenvalue weighted by Crippen LogP contribution is 2.22. The van der Waals surface area contributed by atoms with Crippen LogP contribution in [0.1, 0.15) is 24.0 Å². The van der Waals surface area contributed by atoms with Crippen molar-refractivity contribution >= 4 is 23.0 Å². The molecule has 1 aromatic carbocycles. The standard InChI is InChI=1S/C19H21ClFN3O/c1-13-12-22-7-4-15(13)10-19(14-5-8-25-9-6-14)24-23-18-3-2-16(20)11-17(18)21/h2-4,7,11-12,14,23H,5-6,8-10H2,1H3/b24-19+.